The quantitative estimate of drug-likeness (QED) is 0.384. The van der Waals surface area contributed by atoms with Crippen molar-refractivity contribution in [2.24, 2.45) is 10.9 Å². The number of oxime groups is 1. The molecule has 0 fully saturated rings. The van der Waals surface area contributed by atoms with E-state index in [9.17, 15) is 4.39 Å². The molecule has 0 heterocycles. The third-order valence-corrected chi connectivity index (χ3v) is 2.92. The van der Waals surface area contributed by atoms with E-state index in [1.54, 1.807) is 36.4 Å². The summed E-state index contributed by atoms with van der Waals surface area (Å²) in [5.41, 5.74) is 6.35. The SMILES string of the molecule is COc1cccc(COc2ccccc2/C(N)=N/O)c1F. The van der Waals surface area contributed by atoms with E-state index in [1.165, 1.54) is 13.2 Å². The number of halogens is 1. The fourth-order valence-electron chi connectivity index (χ4n) is 1.84. The number of hydrogen-bond donors (Lipinski definition) is 2. The molecule has 0 amide bonds. The van der Waals surface area contributed by atoms with E-state index >= 15 is 0 Å². The Labute approximate surface area is 121 Å². The molecule has 2 aromatic rings. The Hall–Kier alpha value is -2.76. The van der Waals surface area contributed by atoms with Gasteiger partial charge >= 0.3 is 0 Å². The topological polar surface area (TPSA) is 77.1 Å². The fraction of sp³-hybridized carbons (Fsp3) is 0.133. The largest absolute Gasteiger partial charge is 0.494 e. The molecular weight excluding hydrogens is 275 g/mol. The van der Waals surface area contributed by atoms with Gasteiger partial charge in [-0.25, -0.2) is 4.39 Å². The molecule has 0 spiro atoms. The lowest BCUT2D eigenvalue weighted by molar-refractivity contribution is 0.294. The summed E-state index contributed by atoms with van der Waals surface area (Å²) in [6, 6.07) is 11.6. The number of benzene rings is 2. The second-order valence-electron chi connectivity index (χ2n) is 4.20. The van der Waals surface area contributed by atoms with Crippen LogP contribution in [0.2, 0.25) is 0 Å². The highest BCUT2D eigenvalue weighted by Gasteiger charge is 2.11. The molecule has 2 rings (SSSR count). The Balaban J connectivity index is 2.21. The first-order chi connectivity index (χ1) is 10.2. The zero-order valence-electron chi connectivity index (χ0n) is 11.4. The summed E-state index contributed by atoms with van der Waals surface area (Å²) in [4.78, 5) is 0. The lowest BCUT2D eigenvalue weighted by Gasteiger charge is -2.12. The van der Waals surface area contributed by atoms with Crippen LogP contribution in [0.5, 0.6) is 11.5 Å². The van der Waals surface area contributed by atoms with E-state index < -0.39 is 5.82 Å². The van der Waals surface area contributed by atoms with Gasteiger partial charge in [-0.05, 0) is 18.2 Å². The van der Waals surface area contributed by atoms with Crippen molar-refractivity contribution >= 4 is 5.84 Å². The number of hydrogen-bond acceptors (Lipinski definition) is 4. The Bertz CT molecular complexity index is 659. The van der Waals surface area contributed by atoms with Crippen molar-refractivity contribution in [3.8, 4) is 11.5 Å². The molecule has 0 bridgehead atoms. The van der Waals surface area contributed by atoms with Gasteiger partial charge in [-0.3, -0.25) is 0 Å². The van der Waals surface area contributed by atoms with E-state index in [0.717, 1.165) is 0 Å². The van der Waals surface area contributed by atoms with Crippen LogP contribution in [0.25, 0.3) is 0 Å². The van der Waals surface area contributed by atoms with Gasteiger partial charge in [0.05, 0.1) is 12.7 Å². The maximum Gasteiger partial charge on any atom is 0.173 e. The lowest BCUT2D eigenvalue weighted by Crippen LogP contribution is -2.14. The first-order valence-corrected chi connectivity index (χ1v) is 6.18. The molecule has 2 aromatic carbocycles. The standard InChI is InChI=1S/C15H15FN2O3/c1-20-13-8-4-5-10(14(13)16)9-21-12-7-3-2-6-11(12)15(17)18-19/h2-8,19H,9H2,1H3,(H2,17,18). The van der Waals surface area contributed by atoms with E-state index in [0.29, 0.717) is 16.9 Å². The van der Waals surface area contributed by atoms with Crippen LogP contribution >= 0.6 is 0 Å². The summed E-state index contributed by atoms with van der Waals surface area (Å²) in [5.74, 6) is 0.00818. The highest BCUT2D eigenvalue weighted by molar-refractivity contribution is 5.99. The fourth-order valence-corrected chi connectivity index (χ4v) is 1.84. The van der Waals surface area contributed by atoms with Crippen molar-refractivity contribution in [2.45, 2.75) is 6.61 Å². The monoisotopic (exact) mass is 290 g/mol. The third-order valence-electron chi connectivity index (χ3n) is 2.92. The van der Waals surface area contributed by atoms with Crippen LogP contribution in [-0.2, 0) is 6.61 Å². The van der Waals surface area contributed by atoms with Gasteiger partial charge in [0.25, 0.3) is 0 Å². The number of methoxy groups -OCH3 is 1. The van der Waals surface area contributed by atoms with Crippen LogP contribution in [-0.4, -0.2) is 18.2 Å². The van der Waals surface area contributed by atoms with Crippen molar-refractivity contribution in [3.05, 3.63) is 59.4 Å². The van der Waals surface area contributed by atoms with E-state index in [1.807, 2.05) is 0 Å². The predicted molar refractivity (Wildman–Crippen MR) is 76.2 cm³/mol. The van der Waals surface area contributed by atoms with E-state index in [2.05, 4.69) is 5.16 Å². The van der Waals surface area contributed by atoms with Gasteiger partial charge in [0.2, 0.25) is 0 Å². The summed E-state index contributed by atoms with van der Waals surface area (Å²) >= 11 is 0. The van der Waals surface area contributed by atoms with Crippen LogP contribution in [0.4, 0.5) is 4.39 Å². The molecule has 0 atom stereocenters. The smallest absolute Gasteiger partial charge is 0.173 e. The molecule has 3 N–H and O–H groups in total. The van der Waals surface area contributed by atoms with Gasteiger partial charge in [0, 0.05) is 5.56 Å². The van der Waals surface area contributed by atoms with Gasteiger partial charge < -0.3 is 20.4 Å². The van der Waals surface area contributed by atoms with Crippen LogP contribution in [0, 0.1) is 5.82 Å². The number of rotatable bonds is 5. The zero-order valence-corrected chi connectivity index (χ0v) is 11.4. The summed E-state index contributed by atoms with van der Waals surface area (Å²) in [5, 5.41) is 11.7. The van der Waals surface area contributed by atoms with Gasteiger partial charge in [-0.15, -0.1) is 0 Å². The molecule has 21 heavy (non-hydrogen) atoms. The lowest BCUT2D eigenvalue weighted by atomic mass is 10.2. The van der Waals surface area contributed by atoms with Crippen LogP contribution in [0.3, 0.4) is 0 Å². The summed E-state index contributed by atoms with van der Waals surface area (Å²) in [6.45, 7) is -0.00123. The highest BCUT2D eigenvalue weighted by Crippen LogP contribution is 2.23. The van der Waals surface area contributed by atoms with Crippen molar-refractivity contribution < 1.29 is 19.1 Å². The number of nitrogens with zero attached hydrogens (tertiary/aromatic N) is 1. The first kappa shape index (κ1) is 14.6. The normalized spacial score (nSPS) is 11.2. The molecule has 110 valence electrons. The van der Waals surface area contributed by atoms with Crippen molar-refractivity contribution in [1.29, 1.82) is 0 Å². The molecule has 0 aliphatic carbocycles. The minimum atomic E-state index is -0.471. The van der Waals surface area contributed by atoms with Gasteiger partial charge in [-0.1, -0.05) is 29.4 Å². The van der Waals surface area contributed by atoms with Crippen LogP contribution in [0.1, 0.15) is 11.1 Å². The molecule has 0 unspecified atom stereocenters. The van der Waals surface area contributed by atoms with E-state index in [-0.39, 0.29) is 18.2 Å². The Kier molecular flexibility index (Phi) is 4.61. The molecule has 0 aromatic heterocycles. The maximum absolute atomic E-state index is 14.0. The average molecular weight is 290 g/mol. The number of para-hydroxylation sites is 1. The molecule has 0 saturated heterocycles. The molecule has 6 heteroatoms. The van der Waals surface area contributed by atoms with E-state index in [4.69, 9.17) is 20.4 Å². The van der Waals surface area contributed by atoms with Crippen molar-refractivity contribution in [1.82, 2.24) is 0 Å². The first-order valence-electron chi connectivity index (χ1n) is 6.18. The second kappa shape index (κ2) is 6.60. The van der Waals surface area contributed by atoms with Gasteiger partial charge in [-0.2, -0.15) is 0 Å². The van der Waals surface area contributed by atoms with Gasteiger partial charge in [0.15, 0.2) is 17.4 Å². The maximum atomic E-state index is 14.0. The average Bonchev–Trinajstić information content (AvgIpc) is 2.53. The summed E-state index contributed by atoms with van der Waals surface area (Å²) in [6.07, 6.45) is 0. The predicted octanol–water partition coefficient (Wildman–Crippen LogP) is 2.51. The molecule has 0 radical (unpaired) electrons. The second-order valence-corrected chi connectivity index (χ2v) is 4.20. The van der Waals surface area contributed by atoms with Gasteiger partial charge in [0.1, 0.15) is 12.4 Å². The molecule has 0 saturated carbocycles. The Morgan fingerprint density at radius 2 is 1.90 bits per heavy atom. The minimum absolute atomic E-state index is 0.00123. The molecular formula is C15H15FN2O3. The highest BCUT2D eigenvalue weighted by atomic mass is 19.1. The summed E-state index contributed by atoms with van der Waals surface area (Å²) < 4.78 is 24.5. The Morgan fingerprint density at radius 1 is 1.19 bits per heavy atom. The molecule has 0 aliphatic rings. The summed E-state index contributed by atoms with van der Waals surface area (Å²) in [7, 11) is 1.40. The number of nitrogens with two attached hydrogens (primary N) is 1. The Morgan fingerprint density at radius 3 is 2.62 bits per heavy atom. The number of ether oxygens (including phenoxy) is 2. The van der Waals surface area contributed by atoms with Crippen molar-refractivity contribution in [3.63, 3.8) is 0 Å². The van der Waals surface area contributed by atoms with Crippen molar-refractivity contribution in [2.75, 3.05) is 7.11 Å². The molecule has 0 aliphatic heterocycles. The van der Waals surface area contributed by atoms with Crippen LogP contribution in [0.15, 0.2) is 47.6 Å². The molecule has 5 nitrogen and oxygen atoms in total. The minimum Gasteiger partial charge on any atom is -0.494 e. The zero-order chi connectivity index (χ0) is 15.2. The third kappa shape index (κ3) is 3.22. The number of amidine groups is 1. The van der Waals surface area contributed by atoms with Crippen LogP contribution < -0.4 is 15.2 Å².